The van der Waals surface area contributed by atoms with Gasteiger partial charge in [0.15, 0.2) is 0 Å². The normalized spacial score (nSPS) is 28.8. The van der Waals surface area contributed by atoms with Crippen molar-refractivity contribution in [1.29, 1.82) is 0 Å². The molecule has 180 valence electrons. The minimum absolute atomic E-state index is 0.344. The molecule has 5 atom stereocenters. The highest BCUT2D eigenvalue weighted by Gasteiger charge is 2.44. The Morgan fingerprint density at radius 1 is 1.03 bits per heavy atom. The maximum atomic E-state index is 10.4. The fourth-order valence-electron chi connectivity index (χ4n) is 4.72. The molecule has 2 aliphatic rings. The predicted molar refractivity (Wildman–Crippen MR) is 125 cm³/mol. The van der Waals surface area contributed by atoms with Crippen molar-refractivity contribution in [3.8, 4) is 5.75 Å². The first-order valence-electron chi connectivity index (χ1n) is 11.7. The van der Waals surface area contributed by atoms with Gasteiger partial charge in [-0.1, -0.05) is 49.2 Å². The van der Waals surface area contributed by atoms with Crippen molar-refractivity contribution in [2.45, 2.75) is 69.5 Å². The Morgan fingerprint density at radius 3 is 2.36 bits per heavy atom. The van der Waals surface area contributed by atoms with Gasteiger partial charge in [-0.05, 0) is 60.6 Å². The van der Waals surface area contributed by atoms with E-state index in [1.807, 2.05) is 30.3 Å². The molecule has 0 aromatic heterocycles. The Balaban J connectivity index is 1.45. The molecule has 1 heterocycles. The zero-order valence-electron chi connectivity index (χ0n) is 18.9. The minimum Gasteiger partial charge on any atom is -0.493 e. The second-order valence-electron chi connectivity index (χ2n) is 9.42. The molecular formula is C26H33ClO6. The Bertz CT molecular complexity index is 921. The first kappa shape index (κ1) is 24.5. The summed E-state index contributed by atoms with van der Waals surface area (Å²) in [6.07, 6.45) is -0.469. The molecule has 33 heavy (non-hydrogen) atoms. The molecule has 6 nitrogen and oxygen atoms in total. The number of ether oxygens (including phenoxy) is 2. The van der Waals surface area contributed by atoms with Crippen LogP contribution in [0, 0.1) is 5.41 Å². The monoisotopic (exact) mass is 476 g/mol. The van der Waals surface area contributed by atoms with E-state index >= 15 is 0 Å². The van der Waals surface area contributed by atoms with Crippen molar-refractivity contribution in [3.05, 3.63) is 64.2 Å². The third-order valence-electron chi connectivity index (χ3n) is 7.32. The van der Waals surface area contributed by atoms with Gasteiger partial charge in [-0.15, -0.1) is 0 Å². The molecule has 1 saturated carbocycles. The van der Waals surface area contributed by atoms with E-state index in [9.17, 15) is 20.4 Å². The van der Waals surface area contributed by atoms with Gasteiger partial charge in [-0.25, -0.2) is 0 Å². The average molecular weight is 477 g/mol. The van der Waals surface area contributed by atoms with Crippen molar-refractivity contribution in [2.75, 3.05) is 13.2 Å². The summed E-state index contributed by atoms with van der Waals surface area (Å²) in [7, 11) is 0. The first-order valence-corrected chi connectivity index (χ1v) is 12.0. The van der Waals surface area contributed by atoms with Crippen LogP contribution in [-0.4, -0.2) is 58.1 Å². The fourth-order valence-corrected chi connectivity index (χ4v) is 4.91. The SMILES string of the molecule is CCC1(COc2ccc(Cc3cc([C@@H]4O[C@H](CO)[C@@H](O)[C@H](O)[C@H]4O)ccc3Cl)cc2)CCC1. The summed E-state index contributed by atoms with van der Waals surface area (Å²) in [5.41, 5.74) is 2.87. The topological polar surface area (TPSA) is 99.4 Å². The maximum absolute atomic E-state index is 10.4. The van der Waals surface area contributed by atoms with Crippen molar-refractivity contribution in [3.63, 3.8) is 0 Å². The highest BCUT2D eigenvalue weighted by molar-refractivity contribution is 6.31. The smallest absolute Gasteiger partial charge is 0.119 e. The highest BCUT2D eigenvalue weighted by Crippen LogP contribution is 2.44. The highest BCUT2D eigenvalue weighted by atomic mass is 35.5. The third-order valence-corrected chi connectivity index (χ3v) is 7.69. The van der Waals surface area contributed by atoms with Crippen molar-refractivity contribution in [1.82, 2.24) is 0 Å². The van der Waals surface area contributed by atoms with Crippen LogP contribution in [0.5, 0.6) is 5.75 Å². The Morgan fingerprint density at radius 2 is 1.76 bits per heavy atom. The molecule has 1 aliphatic carbocycles. The number of aliphatic hydroxyl groups is 4. The van der Waals surface area contributed by atoms with E-state index in [2.05, 4.69) is 6.92 Å². The number of halogens is 1. The second kappa shape index (κ2) is 10.3. The molecule has 2 aromatic rings. The van der Waals surface area contributed by atoms with Gasteiger partial charge in [0.2, 0.25) is 0 Å². The van der Waals surface area contributed by atoms with E-state index in [1.54, 1.807) is 12.1 Å². The molecule has 4 rings (SSSR count). The Hall–Kier alpha value is -1.67. The third kappa shape index (κ3) is 5.21. The lowest BCUT2D eigenvalue weighted by atomic mass is 9.68. The summed E-state index contributed by atoms with van der Waals surface area (Å²) >= 11 is 6.44. The molecule has 2 aromatic carbocycles. The summed E-state index contributed by atoms with van der Waals surface area (Å²) in [5, 5.41) is 40.6. The zero-order chi connectivity index (χ0) is 23.6. The zero-order valence-corrected chi connectivity index (χ0v) is 19.6. The second-order valence-corrected chi connectivity index (χ2v) is 9.82. The van der Waals surface area contributed by atoms with Crippen LogP contribution in [0.25, 0.3) is 0 Å². The molecule has 1 saturated heterocycles. The van der Waals surface area contributed by atoms with Gasteiger partial charge < -0.3 is 29.9 Å². The van der Waals surface area contributed by atoms with Crippen LogP contribution in [0.2, 0.25) is 5.02 Å². The molecular weight excluding hydrogens is 444 g/mol. The number of aliphatic hydroxyl groups excluding tert-OH is 4. The van der Waals surface area contributed by atoms with E-state index in [0.29, 0.717) is 22.4 Å². The number of benzene rings is 2. The molecule has 0 spiro atoms. The van der Waals surface area contributed by atoms with E-state index < -0.39 is 37.1 Å². The summed E-state index contributed by atoms with van der Waals surface area (Å²) in [6, 6.07) is 13.3. The number of hydrogen-bond acceptors (Lipinski definition) is 6. The van der Waals surface area contributed by atoms with Gasteiger partial charge in [0.25, 0.3) is 0 Å². The van der Waals surface area contributed by atoms with Gasteiger partial charge in [0.1, 0.15) is 36.3 Å². The lowest BCUT2D eigenvalue weighted by Gasteiger charge is -2.40. The van der Waals surface area contributed by atoms with Crippen LogP contribution in [-0.2, 0) is 11.2 Å². The molecule has 0 bridgehead atoms. The van der Waals surface area contributed by atoms with Gasteiger partial charge in [0, 0.05) is 10.4 Å². The van der Waals surface area contributed by atoms with Crippen molar-refractivity contribution < 1.29 is 29.9 Å². The average Bonchev–Trinajstić information content (AvgIpc) is 2.80. The molecule has 1 aliphatic heterocycles. The molecule has 0 radical (unpaired) electrons. The summed E-state index contributed by atoms with van der Waals surface area (Å²) in [4.78, 5) is 0. The standard InChI is InChI=1S/C26H33ClO6/c1-2-26(10-3-11-26)15-32-19-7-4-16(5-8-19)12-18-13-17(6-9-20(18)27)25-24(31)23(30)22(29)21(14-28)33-25/h4-9,13,21-25,28-31H,2-3,10-12,14-15H2,1H3/t21-,22-,23+,24-,25+/m1/s1. The van der Waals surface area contributed by atoms with Crippen LogP contribution in [0.1, 0.15) is 55.4 Å². The van der Waals surface area contributed by atoms with Gasteiger partial charge in [0.05, 0.1) is 13.2 Å². The molecule has 7 heteroatoms. The maximum Gasteiger partial charge on any atom is 0.119 e. The molecule has 2 fully saturated rings. The number of hydrogen-bond donors (Lipinski definition) is 4. The fraction of sp³-hybridized carbons (Fsp3) is 0.538. The lowest BCUT2D eigenvalue weighted by Crippen LogP contribution is -2.55. The van der Waals surface area contributed by atoms with Crippen molar-refractivity contribution >= 4 is 11.6 Å². The summed E-state index contributed by atoms with van der Waals surface area (Å²) in [5.74, 6) is 0.861. The van der Waals surface area contributed by atoms with Crippen LogP contribution < -0.4 is 4.74 Å². The van der Waals surface area contributed by atoms with Crippen LogP contribution in [0.4, 0.5) is 0 Å². The van der Waals surface area contributed by atoms with Crippen molar-refractivity contribution in [2.24, 2.45) is 5.41 Å². The van der Waals surface area contributed by atoms with E-state index in [4.69, 9.17) is 21.1 Å². The van der Waals surface area contributed by atoms with E-state index in [0.717, 1.165) is 29.9 Å². The van der Waals surface area contributed by atoms with Gasteiger partial charge in [-0.2, -0.15) is 0 Å². The largest absolute Gasteiger partial charge is 0.493 e. The van der Waals surface area contributed by atoms with Gasteiger partial charge >= 0.3 is 0 Å². The quantitative estimate of drug-likeness (QED) is 0.466. The molecule has 0 amide bonds. The van der Waals surface area contributed by atoms with Crippen LogP contribution in [0.3, 0.4) is 0 Å². The van der Waals surface area contributed by atoms with E-state index in [-0.39, 0.29) is 0 Å². The Labute approximate surface area is 199 Å². The summed E-state index contributed by atoms with van der Waals surface area (Å²) in [6.45, 7) is 2.53. The predicted octanol–water partition coefficient (Wildman–Crippen LogP) is 3.40. The van der Waals surface area contributed by atoms with Gasteiger partial charge in [-0.3, -0.25) is 0 Å². The van der Waals surface area contributed by atoms with E-state index in [1.165, 1.54) is 19.3 Å². The molecule has 0 unspecified atom stereocenters. The number of rotatable bonds is 8. The van der Waals surface area contributed by atoms with Crippen LogP contribution >= 0.6 is 11.6 Å². The lowest BCUT2D eigenvalue weighted by molar-refractivity contribution is -0.231. The summed E-state index contributed by atoms with van der Waals surface area (Å²) < 4.78 is 11.7. The molecule has 4 N–H and O–H groups in total. The Kier molecular flexibility index (Phi) is 7.63. The first-order chi connectivity index (χ1) is 15.9. The van der Waals surface area contributed by atoms with Crippen LogP contribution in [0.15, 0.2) is 42.5 Å². The minimum atomic E-state index is -1.42.